The Bertz CT molecular complexity index is 561. The fourth-order valence-electron chi connectivity index (χ4n) is 1.82. The fourth-order valence-corrected chi connectivity index (χ4v) is 1.82. The molecular weight excluding hydrogens is 305 g/mol. The molecule has 0 fully saturated rings. The zero-order chi connectivity index (χ0) is 16.9. The highest BCUT2D eigenvalue weighted by atomic mass is 19.4. The van der Waals surface area contributed by atoms with E-state index in [1.165, 1.54) is 0 Å². The molecule has 1 unspecified atom stereocenters. The van der Waals surface area contributed by atoms with Gasteiger partial charge in [-0.25, -0.2) is 0 Å². The number of aliphatic hydroxyl groups is 1. The lowest BCUT2D eigenvalue weighted by atomic mass is 10.1. The molecule has 0 bridgehead atoms. The number of nitrogens with zero attached hydrogens (tertiary/aromatic N) is 1. The van der Waals surface area contributed by atoms with Crippen LogP contribution in [0.2, 0.25) is 0 Å². The number of halogens is 3. The van der Waals surface area contributed by atoms with Crippen molar-refractivity contribution in [2.24, 2.45) is 0 Å². The van der Waals surface area contributed by atoms with Gasteiger partial charge in [0.1, 0.15) is 5.56 Å². The van der Waals surface area contributed by atoms with E-state index in [-0.39, 0.29) is 12.6 Å². The van der Waals surface area contributed by atoms with Crippen molar-refractivity contribution >= 4 is 11.6 Å². The maximum atomic E-state index is 12.6. The zero-order valence-corrected chi connectivity index (χ0v) is 11.7. The smallest absolute Gasteiger partial charge is 0.396 e. The maximum absolute atomic E-state index is 12.6. The van der Waals surface area contributed by atoms with E-state index in [0.717, 1.165) is 6.07 Å². The van der Waals surface area contributed by atoms with Gasteiger partial charge in [-0.1, -0.05) is 0 Å². The van der Waals surface area contributed by atoms with E-state index in [1.807, 2.05) is 0 Å². The molecule has 0 radical (unpaired) electrons. The van der Waals surface area contributed by atoms with Crippen LogP contribution in [0, 0.1) is 10.1 Å². The Morgan fingerprint density at radius 3 is 2.59 bits per heavy atom. The summed E-state index contributed by atoms with van der Waals surface area (Å²) in [6, 6.07) is 1.38. The van der Waals surface area contributed by atoms with E-state index in [4.69, 9.17) is 5.11 Å². The monoisotopic (exact) mass is 320 g/mol. The van der Waals surface area contributed by atoms with Gasteiger partial charge in [-0.15, -0.1) is 0 Å². The lowest BCUT2D eigenvalue weighted by Crippen LogP contribution is -2.33. The summed E-state index contributed by atoms with van der Waals surface area (Å²) in [4.78, 5) is 21.8. The van der Waals surface area contributed by atoms with Crippen molar-refractivity contribution in [1.82, 2.24) is 5.32 Å². The fraction of sp³-hybridized carbons (Fsp3) is 0.462. The molecule has 0 saturated carbocycles. The second-order valence-corrected chi connectivity index (χ2v) is 4.73. The number of amides is 1. The van der Waals surface area contributed by atoms with Crippen LogP contribution in [0.15, 0.2) is 18.2 Å². The molecule has 0 saturated heterocycles. The van der Waals surface area contributed by atoms with E-state index >= 15 is 0 Å². The average Bonchev–Trinajstić information content (AvgIpc) is 2.43. The van der Waals surface area contributed by atoms with Crippen LogP contribution in [0.4, 0.5) is 18.9 Å². The van der Waals surface area contributed by atoms with Crippen LogP contribution < -0.4 is 5.32 Å². The number of benzene rings is 1. The van der Waals surface area contributed by atoms with Gasteiger partial charge in [-0.05, 0) is 31.9 Å². The molecule has 0 aliphatic carbocycles. The number of nitro groups is 1. The second kappa shape index (κ2) is 7.21. The summed E-state index contributed by atoms with van der Waals surface area (Å²) in [5, 5.41) is 22.0. The van der Waals surface area contributed by atoms with Gasteiger partial charge in [0.25, 0.3) is 11.6 Å². The third-order valence-corrected chi connectivity index (χ3v) is 2.94. The van der Waals surface area contributed by atoms with Gasteiger partial charge in [0.15, 0.2) is 0 Å². The van der Waals surface area contributed by atoms with Crippen LogP contribution in [0.3, 0.4) is 0 Å². The molecule has 0 aliphatic rings. The van der Waals surface area contributed by atoms with Crippen LogP contribution >= 0.6 is 0 Å². The van der Waals surface area contributed by atoms with Crippen LogP contribution in [0.1, 0.15) is 35.7 Å². The molecule has 9 heteroatoms. The Kier molecular flexibility index (Phi) is 5.86. The number of aliphatic hydroxyl groups excluding tert-OH is 1. The van der Waals surface area contributed by atoms with Gasteiger partial charge in [0.05, 0.1) is 10.5 Å². The molecule has 22 heavy (non-hydrogen) atoms. The summed E-state index contributed by atoms with van der Waals surface area (Å²) >= 11 is 0. The third kappa shape index (κ3) is 4.69. The number of nitrogens with one attached hydrogen (secondary N) is 1. The lowest BCUT2D eigenvalue weighted by Gasteiger charge is -2.14. The zero-order valence-electron chi connectivity index (χ0n) is 11.7. The van der Waals surface area contributed by atoms with Crippen LogP contribution in [-0.4, -0.2) is 28.6 Å². The van der Waals surface area contributed by atoms with E-state index in [1.54, 1.807) is 6.92 Å². The molecule has 0 aliphatic heterocycles. The van der Waals surface area contributed by atoms with Crippen molar-refractivity contribution in [3.8, 4) is 0 Å². The number of nitro benzene ring substituents is 1. The van der Waals surface area contributed by atoms with Gasteiger partial charge in [-0.3, -0.25) is 14.9 Å². The minimum Gasteiger partial charge on any atom is -0.396 e. The van der Waals surface area contributed by atoms with Crippen LogP contribution in [-0.2, 0) is 6.18 Å². The first-order valence-electron chi connectivity index (χ1n) is 6.44. The quantitative estimate of drug-likeness (QED) is 0.622. The molecule has 1 amide bonds. The van der Waals surface area contributed by atoms with Crippen molar-refractivity contribution in [1.29, 1.82) is 0 Å². The third-order valence-electron chi connectivity index (χ3n) is 2.94. The number of carbonyl (C=O) groups is 1. The van der Waals surface area contributed by atoms with Gasteiger partial charge < -0.3 is 10.4 Å². The van der Waals surface area contributed by atoms with E-state index < -0.39 is 33.8 Å². The van der Waals surface area contributed by atoms with Crippen LogP contribution in [0.5, 0.6) is 0 Å². The SMILES string of the molecule is CC(CCCO)NC(=O)c1ccc(C(F)(F)F)cc1[N+](=O)[O-]. The molecule has 1 atom stereocenters. The van der Waals surface area contributed by atoms with Gasteiger partial charge in [0, 0.05) is 18.7 Å². The lowest BCUT2D eigenvalue weighted by molar-refractivity contribution is -0.385. The minimum atomic E-state index is -4.73. The highest BCUT2D eigenvalue weighted by Crippen LogP contribution is 2.33. The summed E-state index contributed by atoms with van der Waals surface area (Å²) < 4.78 is 37.7. The predicted octanol–water partition coefficient (Wildman–Crippen LogP) is 2.50. The molecule has 1 aromatic rings. The number of hydrogen-bond donors (Lipinski definition) is 2. The Labute approximate surface area is 124 Å². The first-order chi connectivity index (χ1) is 10.2. The van der Waals surface area contributed by atoms with Gasteiger partial charge >= 0.3 is 6.18 Å². The standard InChI is InChI=1S/C13H15F3N2O4/c1-8(3-2-6-19)17-12(20)10-5-4-9(13(14,15)16)7-11(10)18(21)22/h4-5,7-8,19H,2-3,6H2,1H3,(H,17,20). The molecule has 1 rings (SSSR count). The van der Waals surface area contributed by atoms with Crippen molar-refractivity contribution in [2.75, 3.05) is 6.61 Å². The van der Waals surface area contributed by atoms with Crippen molar-refractivity contribution in [3.63, 3.8) is 0 Å². The molecule has 122 valence electrons. The first-order valence-corrected chi connectivity index (χ1v) is 6.44. The molecule has 0 aromatic heterocycles. The Morgan fingerprint density at radius 1 is 1.45 bits per heavy atom. The van der Waals surface area contributed by atoms with Crippen molar-refractivity contribution in [3.05, 3.63) is 39.4 Å². The highest BCUT2D eigenvalue weighted by Gasteiger charge is 2.34. The molecule has 2 N–H and O–H groups in total. The van der Waals surface area contributed by atoms with Crippen LogP contribution in [0.25, 0.3) is 0 Å². The molecule has 1 aromatic carbocycles. The van der Waals surface area contributed by atoms with E-state index in [2.05, 4.69) is 5.32 Å². The molecule has 6 nitrogen and oxygen atoms in total. The summed E-state index contributed by atoms with van der Waals surface area (Å²) in [5.74, 6) is -0.828. The second-order valence-electron chi connectivity index (χ2n) is 4.73. The van der Waals surface area contributed by atoms with Crippen molar-refractivity contribution in [2.45, 2.75) is 32.0 Å². The Balaban J connectivity index is 3.03. The molecule has 0 heterocycles. The summed E-state index contributed by atoms with van der Waals surface area (Å²) in [5.41, 5.74) is -2.53. The van der Waals surface area contributed by atoms with Gasteiger partial charge in [0.2, 0.25) is 0 Å². The molecular formula is C13H15F3N2O4. The predicted molar refractivity (Wildman–Crippen MR) is 71.3 cm³/mol. The summed E-state index contributed by atoms with van der Waals surface area (Å²) in [6.07, 6.45) is -3.86. The van der Waals surface area contributed by atoms with Gasteiger partial charge in [-0.2, -0.15) is 13.2 Å². The largest absolute Gasteiger partial charge is 0.416 e. The number of hydrogen-bond acceptors (Lipinski definition) is 4. The molecule has 0 spiro atoms. The Hall–Kier alpha value is -2.16. The van der Waals surface area contributed by atoms with E-state index in [0.29, 0.717) is 25.0 Å². The average molecular weight is 320 g/mol. The first kappa shape index (κ1) is 17.9. The maximum Gasteiger partial charge on any atom is 0.416 e. The number of rotatable bonds is 6. The number of alkyl halides is 3. The van der Waals surface area contributed by atoms with Crippen molar-refractivity contribution < 1.29 is 28.0 Å². The normalized spacial score (nSPS) is 12.8. The minimum absolute atomic E-state index is 0.0688. The highest BCUT2D eigenvalue weighted by molar-refractivity contribution is 5.98. The summed E-state index contributed by atoms with van der Waals surface area (Å²) in [7, 11) is 0. The van der Waals surface area contributed by atoms with E-state index in [9.17, 15) is 28.1 Å². The Morgan fingerprint density at radius 2 is 2.09 bits per heavy atom. The number of carbonyl (C=O) groups excluding carboxylic acids is 1. The summed E-state index contributed by atoms with van der Waals surface area (Å²) in [6.45, 7) is 1.56. The topological polar surface area (TPSA) is 92.5 Å².